The van der Waals surface area contributed by atoms with Crippen molar-refractivity contribution in [1.82, 2.24) is 0 Å². The monoisotopic (exact) mass is 287 g/mol. The van der Waals surface area contributed by atoms with Crippen LogP contribution in [0.15, 0.2) is 33.5 Å². The Morgan fingerprint density at radius 1 is 1.05 bits per heavy atom. The molecule has 0 unspecified atom stereocenters. The van der Waals surface area contributed by atoms with E-state index in [0.717, 1.165) is 10.8 Å². The van der Waals surface area contributed by atoms with Gasteiger partial charge in [-0.15, -0.1) is 0 Å². The maximum Gasteiger partial charge on any atom is 0.494 e. The van der Waals surface area contributed by atoms with Crippen molar-refractivity contribution in [2.24, 2.45) is 0 Å². The Hall–Kier alpha value is -1.79. The van der Waals surface area contributed by atoms with Gasteiger partial charge in [-0.25, -0.2) is 4.79 Å². The first-order chi connectivity index (χ1) is 9.69. The molecule has 110 valence electrons. The highest BCUT2D eigenvalue weighted by atomic mass is 16.7. The molecule has 21 heavy (non-hydrogen) atoms. The van der Waals surface area contributed by atoms with Gasteiger partial charge in [-0.1, -0.05) is 12.1 Å². The van der Waals surface area contributed by atoms with Crippen molar-refractivity contribution in [1.29, 1.82) is 0 Å². The van der Waals surface area contributed by atoms with E-state index in [1.165, 1.54) is 0 Å². The average molecular weight is 287 g/mol. The summed E-state index contributed by atoms with van der Waals surface area (Å²) in [5.74, 6) is 0. The Labute approximate surface area is 123 Å². The van der Waals surface area contributed by atoms with E-state index < -0.39 is 23.9 Å². The van der Waals surface area contributed by atoms with Gasteiger partial charge in [0.15, 0.2) is 0 Å². The lowest BCUT2D eigenvalue weighted by Crippen LogP contribution is -2.41. The fraction of sp³-hybridized carbons (Fsp3) is 0.400. The van der Waals surface area contributed by atoms with Gasteiger partial charge in [0, 0.05) is 5.39 Å². The van der Waals surface area contributed by atoms with E-state index in [1.54, 1.807) is 12.1 Å². The number of hydrogen-bond donors (Lipinski definition) is 1. The highest BCUT2D eigenvalue weighted by Gasteiger charge is 2.51. The zero-order valence-electron chi connectivity index (χ0n) is 12.6. The second kappa shape index (κ2) is 4.35. The molecule has 5 nitrogen and oxygen atoms in total. The summed E-state index contributed by atoms with van der Waals surface area (Å²) in [6.07, 6.45) is 0. The van der Waals surface area contributed by atoms with Gasteiger partial charge in [0.05, 0.1) is 11.2 Å². The number of anilines is 1. The second-order valence-corrected chi connectivity index (χ2v) is 6.37. The van der Waals surface area contributed by atoms with Crippen molar-refractivity contribution >= 4 is 29.2 Å². The molecule has 0 radical (unpaired) electrons. The van der Waals surface area contributed by atoms with Crippen LogP contribution < -0.4 is 16.8 Å². The highest BCUT2D eigenvalue weighted by molar-refractivity contribution is 6.62. The normalized spacial score (nSPS) is 20.1. The summed E-state index contributed by atoms with van der Waals surface area (Å²) < 4.78 is 17.2. The Bertz CT molecular complexity index is 750. The largest absolute Gasteiger partial charge is 0.494 e. The van der Waals surface area contributed by atoms with E-state index in [1.807, 2.05) is 39.8 Å². The van der Waals surface area contributed by atoms with Gasteiger partial charge >= 0.3 is 12.7 Å². The molecule has 0 atom stereocenters. The molecule has 2 aromatic rings. The summed E-state index contributed by atoms with van der Waals surface area (Å²) in [5.41, 5.74) is 5.60. The first kappa shape index (κ1) is 14.2. The summed E-state index contributed by atoms with van der Waals surface area (Å²) in [4.78, 5) is 11.5. The van der Waals surface area contributed by atoms with Gasteiger partial charge in [-0.2, -0.15) is 0 Å². The molecule has 0 bridgehead atoms. The molecule has 0 saturated carbocycles. The summed E-state index contributed by atoms with van der Waals surface area (Å²) in [7, 11) is -0.484. The minimum Gasteiger partial charge on any atom is -0.421 e. The van der Waals surface area contributed by atoms with Crippen LogP contribution in [-0.4, -0.2) is 18.3 Å². The first-order valence-corrected chi connectivity index (χ1v) is 6.88. The Morgan fingerprint density at radius 2 is 1.67 bits per heavy atom. The van der Waals surface area contributed by atoms with Crippen molar-refractivity contribution < 1.29 is 13.7 Å². The fourth-order valence-corrected chi connectivity index (χ4v) is 2.27. The van der Waals surface area contributed by atoms with Crippen LogP contribution in [0.4, 0.5) is 5.69 Å². The number of hydrogen-bond acceptors (Lipinski definition) is 5. The van der Waals surface area contributed by atoms with Crippen molar-refractivity contribution in [3.8, 4) is 0 Å². The molecule has 0 aliphatic carbocycles. The second-order valence-electron chi connectivity index (χ2n) is 6.37. The summed E-state index contributed by atoms with van der Waals surface area (Å²) in [6.45, 7) is 7.98. The van der Waals surface area contributed by atoms with Crippen molar-refractivity contribution in [2.45, 2.75) is 38.9 Å². The van der Waals surface area contributed by atoms with Crippen LogP contribution >= 0.6 is 0 Å². The molecule has 3 rings (SSSR count). The molecule has 2 N–H and O–H groups in total. The van der Waals surface area contributed by atoms with Crippen LogP contribution in [0.3, 0.4) is 0 Å². The van der Waals surface area contributed by atoms with Crippen molar-refractivity contribution in [3.05, 3.63) is 34.7 Å². The standard InChI is InChI=1S/C15H18BNO4/c1-14(2)15(3,4)21-16(20-14)10-6-5-9-7-11(17)13(18)19-12(9)8-10/h5-8H,17H2,1-4H3. The van der Waals surface area contributed by atoms with Gasteiger partial charge in [0.2, 0.25) is 0 Å². The SMILES string of the molecule is CC1(C)OB(c2ccc3cc(N)c(=O)oc3c2)OC1(C)C. The van der Waals surface area contributed by atoms with E-state index in [0.29, 0.717) is 5.58 Å². The third kappa shape index (κ3) is 2.24. The van der Waals surface area contributed by atoms with Gasteiger partial charge in [0.25, 0.3) is 0 Å². The summed E-state index contributed by atoms with van der Waals surface area (Å²) >= 11 is 0. The lowest BCUT2D eigenvalue weighted by atomic mass is 9.79. The smallest absolute Gasteiger partial charge is 0.421 e. The average Bonchev–Trinajstić information content (AvgIpc) is 2.59. The molecule has 0 amide bonds. The molecule has 1 fully saturated rings. The van der Waals surface area contributed by atoms with Crippen LogP contribution in [0, 0.1) is 0 Å². The van der Waals surface area contributed by atoms with Gasteiger partial charge in [0.1, 0.15) is 11.3 Å². The van der Waals surface area contributed by atoms with E-state index >= 15 is 0 Å². The van der Waals surface area contributed by atoms with Crippen LogP contribution in [0.1, 0.15) is 27.7 Å². The fourth-order valence-electron chi connectivity index (χ4n) is 2.27. The number of benzene rings is 1. The molecule has 2 heterocycles. The predicted octanol–water partition coefficient (Wildman–Crippen LogP) is 1.67. The minimum absolute atomic E-state index is 0.103. The lowest BCUT2D eigenvalue weighted by Gasteiger charge is -2.32. The van der Waals surface area contributed by atoms with E-state index in [9.17, 15) is 4.79 Å². The van der Waals surface area contributed by atoms with E-state index in [-0.39, 0.29) is 5.69 Å². The molecule has 6 heteroatoms. The van der Waals surface area contributed by atoms with Gasteiger partial charge < -0.3 is 19.5 Å². The van der Waals surface area contributed by atoms with E-state index in [2.05, 4.69) is 0 Å². The van der Waals surface area contributed by atoms with Gasteiger partial charge in [-0.3, -0.25) is 0 Å². The molecule has 1 aliphatic heterocycles. The van der Waals surface area contributed by atoms with Crippen LogP contribution in [0.2, 0.25) is 0 Å². The number of rotatable bonds is 1. The van der Waals surface area contributed by atoms with Crippen LogP contribution in [0.5, 0.6) is 0 Å². The molecular weight excluding hydrogens is 269 g/mol. The third-order valence-electron chi connectivity index (χ3n) is 4.31. The quantitative estimate of drug-likeness (QED) is 0.638. The number of nitrogen functional groups attached to an aromatic ring is 1. The maximum atomic E-state index is 11.5. The van der Waals surface area contributed by atoms with Crippen molar-refractivity contribution in [2.75, 3.05) is 5.73 Å². The number of nitrogens with two attached hydrogens (primary N) is 1. The Balaban J connectivity index is 2.03. The first-order valence-electron chi connectivity index (χ1n) is 6.88. The molecule has 1 aromatic carbocycles. The number of fused-ring (bicyclic) bond motifs is 1. The van der Waals surface area contributed by atoms with Crippen LogP contribution in [-0.2, 0) is 9.31 Å². The zero-order valence-corrected chi connectivity index (χ0v) is 12.6. The highest BCUT2D eigenvalue weighted by Crippen LogP contribution is 2.36. The molecular formula is C15H18BNO4. The third-order valence-corrected chi connectivity index (χ3v) is 4.31. The lowest BCUT2D eigenvalue weighted by molar-refractivity contribution is 0.00578. The molecule has 1 aromatic heterocycles. The zero-order chi connectivity index (χ0) is 15.4. The Kier molecular flexibility index (Phi) is 2.94. The summed E-state index contributed by atoms with van der Waals surface area (Å²) in [6, 6.07) is 7.10. The molecule has 1 saturated heterocycles. The van der Waals surface area contributed by atoms with E-state index in [4.69, 9.17) is 19.5 Å². The summed E-state index contributed by atoms with van der Waals surface area (Å²) in [5, 5.41) is 0.771. The van der Waals surface area contributed by atoms with Crippen LogP contribution in [0.25, 0.3) is 11.0 Å². The predicted molar refractivity (Wildman–Crippen MR) is 82.6 cm³/mol. The molecule has 0 spiro atoms. The van der Waals surface area contributed by atoms with Crippen molar-refractivity contribution in [3.63, 3.8) is 0 Å². The molecule has 1 aliphatic rings. The maximum absolute atomic E-state index is 11.5. The Morgan fingerprint density at radius 3 is 2.29 bits per heavy atom. The van der Waals surface area contributed by atoms with Gasteiger partial charge in [-0.05, 0) is 45.3 Å². The topological polar surface area (TPSA) is 74.7 Å². The minimum atomic E-state index is -0.534.